The van der Waals surface area contributed by atoms with Gasteiger partial charge in [-0.2, -0.15) is 4.98 Å². The largest absolute Gasteiger partial charge is 0.369 e. The van der Waals surface area contributed by atoms with Crippen LogP contribution < -0.4 is 20.4 Å². The van der Waals surface area contributed by atoms with E-state index in [1.165, 1.54) is 12.1 Å². The number of carbonyl (C=O) groups excluding carboxylic acids is 1. The maximum absolute atomic E-state index is 13.5. The molecule has 2 aliphatic heterocycles. The van der Waals surface area contributed by atoms with Crippen LogP contribution in [0.25, 0.3) is 11.3 Å². The molecule has 2 aromatic heterocycles. The standard InChI is InChI=1S/C26H29ClFN7O/c1-17-3-2-8-35(17)26-31-22(19-4-6-20(28)7-5-19)15-24(32-26)33-9-11-34(12-10-33)25-21(27)13-18(16-30-25)14-23(29)36/h4-7,13,15-17H,2-3,8-12,14H2,1H3,(H2,29,36). The molecule has 2 fully saturated rings. The Labute approximate surface area is 214 Å². The average Bonchev–Trinajstić information content (AvgIpc) is 3.30. The first-order valence-electron chi connectivity index (χ1n) is 12.2. The van der Waals surface area contributed by atoms with Gasteiger partial charge in [0, 0.05) is 56.6 Å². The molecule has 3 aromatic rings. The number of benzene rings is 1. The molecule has 36 heavy (non-hydrogen) atoms. The van der Waals surface area contributed by atoms with Crippen LogP contribution in [-0.4, -0.2) is 59.6 Å². The van der Waals surface area contributed by atoms with E-state index in [0.29, 0.717) is 41.5 Å². The Morgan fingerprint density at radius 2 is 1.81 bits per heavy atom. The molecular formula is C26H29ClFN7O. The summed E-state index contributed by atoms with van der Waals surface area (Å²) in [5.41, 5.74) is 7.63. The third-order valence-electron chi connectivity index (χ3n) is 6.81. The minimum Gasteiger partial charge on any atom is -0.369 e. The van der Waals surface area contributed by atoms with Crippen LogP contribution in [0.3, 0.4) is 0 Å². The number of nitrogens with two attached hydrogens (primary N) is 1. The van der Waals surface area contributed by atoms with Crippen molar-refractivity contribution in [2.24, 2.45) is 5.73 Å². The zero-order chi connectivity index (χ0) is 25.2. The van der Waals surface area contributed by atoms with E-state index in [-0.39, 0.29) is 12.2 Å². The lowest BCUT2D eigenvalue weighted by Crippen LogP contribution is -2.47. The average molecular weight is 510 g/mol. The molecule has 0 saturated carbocycles. The van der Waals surface area contributed by atoms with Gasteiger partial charge >= 0.3 is 0 Å². The Morgan fingerprint density at radius 3 is 2.44 bits per heavy atom. The zero-order valence-corrected chi connectivity index (χ0v) is 21.0. The van der Waals surface area contributed by atoms with Crippen LogP contribution >= 0.6 is 11.6 Å². The summed E-state index contributed by atoms with van der Waals surface area (Å²) in [4.78, 5) is 32.1. The van der Waals surface area contributed by atoms with E-state index in [0.717, 1.165) is 49.6 Å². The topological polar surface area (TPSA) is 91.5 Å². The normalized spacial score (nSPS) is 18.1. The molecule has 2 aliphatic rings. The fourth-order valence-electron chi connectivity index (χ4n) is 4.86. The van der Waals surface area contributed by atoms with Gasteiger partial charge in [-0.05, 0) is 55.7 Å². The van der Waals surface area contributed by atoms with Crippen molar-refractivity contribution in [1.29, 1.82) is 0 Å². The number of anilines is 3. The fourth-order valence-corrected chi connectivity index (χ4v) is 5.17. The van der Waals surface area contributed by atoms with E-state index in [2.05, 4.69) is 26.6 Å². The van der Waals surface area contributed by atoms with Crippen molar-refractivity contribution < 1.29 is 9.18 Å². The van der Waals surface area contributed by atoms with Crippen LogP contribution in [0.5, 0.6) is 0 Å². The van der Waals surface area contributed by atoms with Gasteiger partial charge in [0.1, 0.15) is 17.5 Å². The van der Waals surface area contributed by atoms with E-state index >= 15 is 0 Å². The third-order valence-corrected chi connectivity index (χ3v) is 7.09. The Morgan fingerprint density at radius 1 is 1.08 bits per heavy atom. The molecule has 1 atom stereocenters. The van der Waals surface area contributed by atoms with Crippen molar-refractivity contribution in [3.05, 3.63) is 59.0 Å². The molecule has 8 nitrogen and oxygen atoms in total. The SMILES string of the molecule is CC1CCCN1c1nc(-c2ccc(F)cc2)cc(N2CCN(c3ncc(CC(N)=O)cc3Cl)CC2)n1. The van der Waals surface area contributed by atoms with Crippen molar-refractivity contribution in [3.63, 3.8) is 0 Å². The zero-order valence-electron chi connectivity index (χ0n) is 20.2. The van der Waals surface area contributed by atoms with Gasteiger partial charge < -0.3 is 20.4 Å². The summed E-state index contributed by atoms with van der Waals surface area (Å²) in [5, 5.41) is 0.508. The molecule has 1 unspecified atom stereocenters. The first-order valence-corrected chi connectivity index (χ1v) is 12.6. The first kappa shape index (κ1) is 24.2. The fraction of sp³-hybridized carbons (Fsp3) is 0.385. The van der Waals surface area contributed by atoms with Gasteiger partial charge in [-0.3, -0.25) is 4.79 Å². The summed E-state index contributed by atoms with van der Waals surface area (Å²) in [6, 6.07) is 10.5. The molecule has 2 N–H and O–H groups in total. The Kier molecular flexibility index (Phi) is 6.91. The van der Waals surface area contributed by atoms with Crippen molar-refractivity contribution in [2.45, 2.75) is 32.2 Å². The number of primary amides is 1. The van der Waals surface area contributed by atoms with Gasteiger partial charge in [-0.25, -0.2) is 14.4 Å². The third kappa shape index (κ3) is 5.21. The number of rotatable bonds is 6. The molecule has 0 aliphatic carbocycles. The van der Waals surface area contributed by atoms with Crippen LogP contribution in [0.4, 0.5) is 22.0 Å². The van der Waals surface area contributed by atoms with Crippen LogP contribution in [-0.2, 0) is 11.2 Å². The molecule has 188 valence electrons. The number of piperazine rings is 1. The molecule has 1 aromatic carbocycles. The lowest BCUT2D eigenvalue weighted by molar-refractivity contribution is -0.117. The van der Waals surface area contributed by atoms with E-state index < -0.39 is 5.91 Å². The number of hydrogen-bond donors (Lipinski definition) is 1. The van der Waals surface area contributed by atoms with Gasteiger partial charge in [-0.15, -0.1) is 0 Å². The summed E-state index contributed by atoms with van der Waals surface area (Å²) >= 11 is 6.48. The highest BCUT2D eigenvalue weighted by Crippen LogP contribution is 2.30. The van der Waals surface area contributed by atoms with Gasteiger partial charge in [0.05, 0.1) is 17.1 Å². The molecule has 5 rings (SSSR count). The number of aromatic nitrogens is 3. The number of nitrogens with zero attached hydrogens (tertiary/aromatic N) is 6. The maximum atomic E-state index is 13.5. The first-order chi connectivity index (χ1) is 17.4. The summed E-state index contributed by atoms with van der Waals surface area (Å²) in [7, 11) is 0. The van der Waals surface area contributed by atoms with Crippen molar-refractivity contribution in [2.75, 3.05) is 47.4 Å². The van der Waals surface area contributed by atoms with Crippen LogP contribution in [0.1, 0.15) is 25.3 Å². The monoisotopic (exact) mass is 509 g/mol. The molecule has 0 radical (unpaired) electrons. The second kappa shape index (κ2) is 10.3. The van der Waals surface area contributed by atoms with Gasteiger partial charge in [0.25, 0.3) is 0 Å². The van der Waals surface area contributed by atoms with Crippen LogP contribution in [0, 0.1) is 5.82 Å². The quantitative estimate of drug-likeness (QED) is 0.542. The Bertz CT molecular complexity index is 1250. The minimum absolute atomic E-state index is 0.114. The molecule has 1 amide bonds. The van der Waals surface area contributed by atoms with E-state index in [1.807, 2.05) is 6.07 Å². The molecule has 0 spiro atoms. The summed E-state index contributed by atoms with van der Waals surface area (Å²) < 4.78 is 13.5. The summed E-state index contributed by atoms with van der Waals surface area (Å²) in [6.45, 7) is 6.02. The molecule has 10 heteroatoms. The molecular weight excluding hydrogens is 481 g/mol. The van der Waals surface area contributed by atoms with E-state index in [4.69, 9.17) is 27.3 Å². The van der Waals surface area contributed by atoms with Crippen molar-refractivity contribution in [3.8, 4) is 11.3 Å². The van der Waals surface area contributed by atoms with Crippen LogP contribution in [0.2, 0.25) is 5.02 Å². The predicted octanol–water partition coefficient (Wildman–Crippen LogP) is 3.67. The van der Waals surface area contributed by atoms with Gasteiger partial charge in [0.2, 0.25) is 11.9 Å². The highest BCUT2D eigenvalue weighted by Gasteiger charge is 2.26. The van der Waals surface area contributed by atoms with E-state index in [1.54, 1.807) is 24.4 Å². The number of carbonyl (C=O) groups is 1. The number of halogens is 2. The summed E-state index contributed by atoms with van der Waals surface area (Å²) in [5.74, 6) is 1.59. The van der Waals surface area contributed by atoms with Gasteiger partial charge in [0.15, 0.2) is 0 Å². The van der Waals surface area contributed by atoms with Gasteiger partial charge in [-0.1, -0.05) is 11.6 Å². The summed E-state index contributed by atoms with van der Waals surface area (Å²) in [6.07, 6.45) is 4.00. The van der Waals surface area contributed by atoms with Crippen molar-refractivity contribution in [1.82, 2.24) is 15.0 Å². The molecule has 4 heterocycles. The van der Waals surface area contributed by atoms with E-state index in [9.17, 15) is 9.18 Å². The number of pyridine rings is 1. The second-order valence-corrected chi connectivity index (χ2v) is 9.78. The second-order valence-electron chi connectivity index (χ2n) is 9.37. The minimum atomic E-state index is -0.415. The molecule has 0 bridgehead atoms. The molecule has 2 saturated heterocycles. The highest BCUT2D eigenvalue weighted by molar-refractivity contribution is 6.33. The smallest absolute Gasteiger partial charge is 0.228 e. The lowest BCUT2D eigenvalue weighted by atomic mass is 10.1. The highest BCUT2D eigenvalue weighted by atomic mass is 35.5. The predicted molar refractivity (Wildman–Crippen MR) is 140 cm³/mol. The van der Waals surface area contributed by atoms with Crippen LogP contribution in [0.15, 0.2) is 42.6 Å². The number of amides is 1. The Balaban J connectivity index is 1.37. The number of hydrogen-bond acceptors (Lipinski definition) is 7. The Hall–Kier alpha value is -3.46. The lowest BCUT2D eigenvalue weighted by Gasteiger charge is -2.37. The maximum Gasteiger partial charge on any atom is 0.228 e. The van der Waals surface area contributed by atoms with Crippen molar-refractivity contribution >= 4 is 35.1 Å².